The quantitative estimate of drug-likeness (QED) is 0.184. The molecule has 4 aromatic rings. The first kappa shape index (κ1) is 46.6. The summed E-state index contributed by atoms with van der Waals surface area (Å²) in [5.74, 6) is -0.114. The van der Waals surface area contributed by atoms with Gasteiger partial charge in [-0.25, -0.2) is 4.98 Å². The maximum absolute atomic E-state index is 13.8. The lowest BCUT2D eigenvalue weighted by Crippen LogP contribution is -2.60. The first-order chi connectivity index (χ1) is 34.3. The number of hydrogen-bond donors (Lipinski definition) is 3. The monoisotopic (exact) mass is 989 g/mol. The number of anilines is 4. The summed E-state index contributed by atoms with van der Waals surface area (Å²) in [5, 5.41) is 9.05. The van der Waals surface area contributed by atoms with E-state index in [0.717, 1.165) is 82.1 Å². The van der Waals surface area contributed by atoms with Crippen molar-refractivity contribution < 1.29 is 38.2 Å². The Labute approximate surface area is 413 Å². The summed E-state index contributed by atoms with van der Waals surface area (Å²) >= 11 is 6.62. The minimum Gasteiger partial charge on any atom is -0.489 e. The van der Waals surface area contributed by atoms with Gasteiger partial charge in [-0.2, -0.15) is 4.98 Å². The summed E-state index contributed by atoms with van der Waals surface area (Å²) in [6.07, 6.45) is 7.35. The molecule has 6 amide bonds. The highest BCUT2D eigenvalue weighted by atomic mass is 35.5. The highest BCUT2D eigenvalue weighted by Crippen LogP contribution is 2.44. The molecule has 2 aromatic carbocycles. The van der Waals surface area contributed by atoms with Gasteiger partial charge in [0, 0.05) is 93.4 Å². The number of pyridine rings is 1. The van der Waals surface area contributed by atoms with Crippen molar-refractivity contribution >= 4 is 81.1 Å². The van der Waals surface area contributed by atoms with Crippen molar-refractivity contribution in [3.8, 4) is 11.5 Å². The molecule has 20 nitrogen and oxygen atoms in total. The van der Waals surface area contributed by atoms with E-state index < -0.39 is 29.7 Å². The smallest absolute Gasteiger partial charge is 0.293 e. The van der Waals surface area contributed by atoms with Crippen LogP contribution in [0.4, 0.5) is 23.1 Å². The number of ether oxygens (including phenoxy) is 2. The van der Waals surface area contributed by atoms with Crippen LogP contribution in [0.3, 0.4) is 0 Å². The van der Waals surface area contributed by atoms with Gasteiger partial charge in [-0.3, -0.25) is 48.3 Å². The number of fused-ring (bicyclic) bond motifs is 1. The normalized spacial score (nSPS) is 21.5. The molecule has 0 saturated carbocycles. The van der Waals surface area contributed by atoms with Gasteiger partial charge in [0.25, 0.3) is 23.3 Å². The maximum atomic E-state index is 13.8. The van der Waals surface area contributed by atoms with E-state index in [9.17, 15) is 33.6 Å². The van der Waals surface area contributed by atoms with E-state index in [2.05, 4.69) is 40.5 Å². The minimum absolute atomic E-state index is 0.0578. The van der Waals surface area contributed by atoms with Crippen molar-refractivity contribution in [2.45, 2.75) is 64.0 Å². The van der Waals surface area contributed by atoms with E-state index in [1.807, 2.05) is 12.1 Å². The number of aromatic nitrogens is 3. The molecule has 0 radical (unpaired) electrons. The van der Waals surface area contributed by atoms with E-state index in [-0.39, 0.29) is 53.9 Å². The van der Waals surface area contributed by atoms with Crippen LogP contribution in [0, 0.1) is 17.3 Å². The number of likely N-dealkylation sites (tertiary alicyclic amines) is 2. The first-order valence-electron chi connectivity index (χ1n) is 24.7. The molecule has 21 heteroatoms. The zero-order valence-electron chi connectivity index (χ0n) is 39.5. The molecule has 372 valence electrons. The number of nitrogens with zero attached hydrogens (tertiary/aromatic N) is 8. The van der Waals surface area contributed by atoms with Crippen molar-refractivity contribution in [3.63, 3.8) is 0 Å². The molecule has 11 rings (SSSR count). The number of piperidine rings is 4. The van der Waals surface area contributed by atoms with Gasteiger partial charge in [0.2, 0.25) is 23.7 Å². The van der Waals surface area contributed by atoms with E-state index in [1.165, 1.54) is 7.05 Å². The molecule has 0 bridgehead atoms. The second-order valence-corrected chi connectivity index (χ2v) is 20.5. The third-order valence-electron chi connectivity index (χ3n) is 15.6. The molecule has 1 unspecified atom stereocenters. The molecular weight excluding hydrogens is 934 g/mol. The lowest BCUT2D eigenvalue weighted by atomic mass is 9.71. The minimum atomic E-state index is -0.979. The van der Waals surface area contributed by atoms with Gasteiger partial charge in [-0.15, -0.1) is 0 Å². The summed E-state index contributed by atoms with van der Waals surface area (Å²) < 4.78 is 13.2. The molecule has 9 heterocycles. The number of rotatable bonds is 11. The standard InChI is InChI=1S/C50H56ClN11O9/c1-52-41(64)26-71-39-21-31-20-32(22-38-42(31)61(48(39)69)18-19-70-38)54-43-36(51)24-53-49(56-43)59-14-8-30(9-15-59)45(66)58-12-6-29(7-13-58)25-57-16-10-50(11-17-57)27-60(28-50)33-2-3-34-35(23-33)47(68)62(46(34)67)37-4-5-40(63)55-44(37)65/h2-3,20-24,29-30,37H,4-19,25-28H2,1H3,(H,52,64)(H,53,54,56)(H,55,63,65). The molecule has 0 aliphatic carbocycles. The number of likely N-dealkylation sites (N-methyl/N-ethyl adjacent to an activating group) is 1. The Morgan fingerprint density at radius 3 is 2.39 bits per heavy atom. The molecule has 5 saturated heterocycles. The van der Waals surface area contributed by atoms with E-state index >= 15 is 0 Å². The summed E-state index contributed by atoms with van der Waals surface area (Å²) in [6.45, 7) is 8.03. The first-order valence-corrected chi connectivity index (χ1v) is 25.1. The van der Waals surface area contributed by atoms with Gasteiger partial charge in [-0.1, -0.05) is 11.6 Å². The molecule has 7 aliphatic rings. The number of carbonyl (C=O) groups excluding carboxylic acids is 6. The zero-order valence-corrected chi connectivity index (χ0v) is 40.3. The fraction of sp³-hybridized carbons (Fsp3) is 0.500. The Balaban J connectivity index is 0.631. The number of hydrogen-bond acceptors (Lipinski definition) is 15. The number of nitrogens with one attached hydrogen (secondary N) is 3. The zero-order chi connectivity index (χ0) is 49.1. The average Bonchev–Trinajstić information content (AvgIpc) is 3.62. The van der Waals surface area contributed by atoms with Crippen molar-refractivity contribution in [1.82, 2.24) is 39.9 Å². The van der Waals surface area contributed by atoms with Crippen molar-refractivity contribution in [3.05, 3.63) is 69.1 Å². The molecule has 2 aromatic heterocycles. The molecule has 3 N–H and O–H groups in total. The summed E-state index contributed by atoms with van der Waals surface area (Å²) in [4.78, 5) is 109. The van der Waals surface area contributed by atoms with Crippen LogP contribution < -0.4 is 40.8 Å². The molecule has 7 aliphatic heterocycles. The third kappa shape index (κ3) is 8.89. The predicted molar refractivity (Wildman–Crippen MR) is 261 cm³/mol. The second kappa shape index (κ2) is 18.7. The number of halogens is 1. The predicted octanol–water partition coefficient (Wildman–Crippen LogP) is 3.16. The van der Waals surface area contributed by atoms with Crippen LogP contribution in [-0.4, -0.2) is 150 Å². The van der Waals surface area contributed by atoms with Crippen molar-refractivity contribution in [2.75, 3.05) is 94.3 Å². The second-order valence-electron chi connectivity index (χ2n) is 20.0. The van der Waals surface area contributed by atoms with E-state index in [0.29, 0.717) is 95.3 Å². The number of amides is 6. The molecular formula is C50H56ClN11O9. The van der Waals surface area contributed by atoms with Gasteiger partial charge in [0.05, 0.1) is 29.4 Å². The van der Waals surface area contributed by atoms with Gasteiger partial charge in [0.1, 0.15) is 23.4 Å². The van der Waals surface area contributed by atoms with Crippen LogP contribution in [-0.2, 0) is 25.7 Å². The Bertz CT molecular complexity index is 2920. The fourth-order valence-electron chi connectivity index (χ4n) is 11.6. The Morgan fingerprint density at radius 1 is 0.887 bits per heavy atom. The average molecular weight is 991 g/mol. The Morgan fingerprint density at radius 2 is 1.65 bits per heavy atom. The van der Waals surface area contributed by atoms with Crippen LogP contribution in [0.25, 0.3) is 10.9 Å². The van der Waals surface area contributed by atoms with Crippen molar-refractivity contribution in [1.29, 1.82) is 0 Å². The lowest BCUT2D eigenvalue weighted by Gasteiger charge is -2.55. The Hall–Kier alpha value is -6.80. The van der Waals surface area contributed by atoms with Crippen LogP contribution in [0.2, 0.25) is 5.02 Å². The number of carbonyl (C=O) groups is 6. The summed E-state index contributed by atoms with van der Waals surface area (Å²) in [5.41, 5.74) is 2.64. The number of benzene rings is 2. The number of imide groups is 2. The topological polar surface area (TPSA) is 221 Å². The third-order valence-corrected chi connectivity index (χ3v) is 15.9. The van der Waals surface area contributed by atoms with Gasteiger partial charge >= 0.3 is 0 Å². The van der Waals surface area contributed by atoms with Gasteiger partial charge in [0.15, 0.2) is 18.2 Å². The lowest BCUT2D eigenvalue weighted by molar-refractivity contribution is -0.138. The van der Waals surface area contributed by atoms with Crippen LogP contribution in [0.5, 0.6) is 11.5 Å². The highest BCUT2D eigenvalue weighted by Gasteiger charge is 2.48. The van der Waals surface area contributed by atoms with Gasteiger partial charge in [-0.05, 0) is 94.3 Å². The summed E-state index contributed by atoms with van der Waals surface area (Å²) in [6, 6.07) is 9.63. The van der Waals surface area contributed by atoms with Gasteiger partial charge < -0.3 is 39.7 Å². The SMILES string of the molecule is CNC(=O)COc1cc2cc(Nc3nc(N4CCC(C(=O)N5CCC(CN6CCC7(CC6)CN(c6ccc8c(c6)C(=O)N(C6CCC(=O)NC6=O)C8=O)C7)CC5)CC4)ncc3Cl)cc3c2n(c1=O)CCO3. The largest absolute Gasteiger partial charge is 0.489 e. The fourth-order valence-corrected chi connectivity index (χ4v) is 11.7. The highest BCUT2D eigenvalue weighted by molar-refractivity contribution is 6.33. The molecule has 5 fully saturated rings. The van der Waals surface area contributed by atoms with Crippen LogP contribution in [0.1, 0.15) is 72.1 Å². The van der Waals surface area contributed by atoms with E-state index in [1.54, 1.807) is 35.0 Å². The van der Waals surface area contributed by atoms with Crippen LogP contribution >= 0.6 is 11.6 Å². The molecule has 1 atom stereocenters. The molecule has 1 spiro atoms. The van der Waals surface area contributed by atoms with Crippen molar-refractivity contribution in [2.24, 2.45) is 17.3 Å². The molecule has 71 heavy (non-hydrogen) atoms. The maximum Gasteiger partial charge on any atom is 0.293 e. The summed E-state index contributed by atoms with van der Waals surface area (Å²) in [7, 11) is 1.50. The van der Waals surface area contributed by atoms with E-state index in [4.69, 9.17) is 26.1 Å². The van der Waals surface area contributed by atoms with Crippen LogP contribution in [0.15, 0.2) is 47.4 Å². The Kier molecular flexibility index (Phi) is 12.3.